The van der Waals surface area contributed by atoms with Crippen LogP contribution in [0.15, 0.2) is 5.16 Å². The fraction of sp³-hybridized carbons (Fsp3) is 0.867. The SMILES string of the molecule is CC(C)(C)C1=NO[C@H]2[C@@H](NC(=O)C(F)(F)C(F)(F)C(F)(F)C(F)(F)F)CC[C@@H]12. The molecule has 0 bridgehead atoms. The van der Waals surface area contributed by atoms with E-state index >= 15 is 0 Å². The van der Waals surface area contributed by atoms with Gasteiger partial charge in [0.05, 0.1) is 11.8 Å². The number of amides is 1. The summed E-state index contributed by atoms with van der Waals surface area (Å²) in [6.07, 6.45) is -7.76. The first-order valence-electron chi connectivity index (χ1n) is 8.11. The number of carbonyl (C=O) groups excluding carboxylic acids is 1. The highest BCUT2D eigenvalue weighted by atomic mass is 19.4. The maximum atomic E-state index is 13.7. The number of alkyl halides is 9. The lowest BCUT2D eigenvalue weighted by Crippen LogP contribution is -2.66. The van der Waals surface area contributed by atoms with E-state index in [0.29, 0.717) is 5.71 Å². The zero-order chi connectivity index (χ0) is 21.9. The molecule has 0 unspecified atom stereocenters. The quantitative estimate of drug-likeness (QED) is 0.685. The van der Waals surface area contributed by atoms with Crippen LogP contribution < -0.4 is 5.32 Å². The summed E-state index contributed by atoms with van der Waals surface area (Å²) in [4.78, 5) is 16.6. The minimum atomic E-state index is -7.12. The number of oxime groups is 1. The zero-order valence-electron chi connectivity index (χ0n) is 14.8. The monoisotopic (exact) mass is 428 g/mol. The van der Waals surface area contributed by atoms with Crippen molar-refractivity contribution in [2.45, 2.75) is 69.7 Å². The van der Waals surface area contributed by atoms with Gasteiger partial charge in [-0.1, -0.05) is 25.9 Å². The molecular formula is C15H17F9N2O2. The van der Waals surface area contributed by atoms with E-state index < -0.39 is 53.3 Å². The predicted octanol–water partition coefficient (Wildman–Crippen LogP) is 4.15. The second-order valence-electron chi connectivity index (χ2n) is 7.78. The molecule has 4 nitrogen and oxygen atoms in total. The first-order valence-corrected chi connectivity index (χ1v) is 8.11. The fourth-order valence-electron chi connectivity index (χ4n) is 3.22. The van der Waals surface area contributed by atoms with Gasteiger partial charge in [0.2, 0.25) is 0 Å². The summed E-state index contributed by atoms with van der Waals surface area (Å²) in [5, 5.41) is 5.22. The maximum absolute atomic E-state index is 13.7. The lowest BCUT2D eigenvalue weighted by molar-refractivity contribution is -0.388. The van der Waals surface area contributed by atoms with Gasteiger partial charge in [-0.05, 0) is 12.8 Å². The minimum absolute atomic E-state index is 0.0342. The number of fused-ring (bicyclic) bond motifs is 1. The highest BCUT2D eigenvalue weighted by Crippen LogP contribution is 2.53. The molecule has 1 aliphatic heterocycles. The van der Waals surface area contributed by atoms with Crippen molar-refractivity contribution < 1.29 is 49.1 Å². The molecule has 0 radical (unpaired) electrons. The van der Waals surface area contributed by atoms with Crippen LogP contribution in [0.25, 0.3) is 0 Å². The van der Waals surface area contributed by atoms with E-state index in [0.717, 1.165) is 0 Å². The molecule has 0 saturated heterocycles. The Kier molecular flexibility index (Phi) is 5.17. The van der Waals surface area contributed by atoms with Crippen LogP contribution in [0.4, 0.5) is 39.5 Å². The van der Waals surface area contributed by atoms with Gasteiger partial charge in [0, 0.05) is 11.3 Å². The lowest BCUT2D eigenvalue weighted by Gasteiger charge is -2.33. The third-order valence-electron chi connectivity index (χ3n) is 4.72. The molecule has 1 heterocycles. The zero-order valence-corrected chi connectivity index (χ0v) is 14.8. The Morgan fingerprint density at radius 1 is 0.964 bits per heavy atom. The molecule has 28 heavy (non-hydrogen) atoms. The van der Waals surface area contributed by atoms with Gasteiger partial charge in [-0.15, -0.1) is 0 Å². The normalized spacial score (nSPS) is 26.6. The van der Waals surface area contributed by atoms with Crippen molar-refractivity contribution in [1.29, 1.82) is 0 Å². The standard InChI is InChI=1S/C15H17F9N2O2/c1-11(2,3)9-6-4-5-7(8(6)28-26-9)25-10(27)12(16,17)13(18,19)14(20,21)15(22,23)24/h6-8H,4-5H2,1-3H3,(H,25,27)/t6-,7+,8-/m1/s1. The fourth-order valence-corrected chi connectivity index (χ4v) is 3.22. The van der Waals surface area contributed by atoms with Gasteiger partial charge in [0.15, 0.2) is 6.10 Å². The highest BCUT2D eigenvalue weighted by Gasteiger charge is 2.83. The first-order chi connectivity index (χ1) is 12.4. The third-order valence-corrected chi connectivity index (χ3v) is 4.72. The Morgan fingerprint density at radius 3 is 1.96 bits per heavy atom. The van der Waals surface area contributed by atoms with Gasteiger partial charge >= 0.3 is 23.9 Å². The molecule has 1 fully saturated rings. The summed E-state index contributed by atoms with van der Waals surface area (Å²) in [6, 6.07) is -1.30. The van der Waals surface area contributed by atoms with Crippen molar-refractivity contribution in [3.8, 4) is 0 Å². The van der Waals surface area contributed by atoms with Crippen LogP contribution in [0.3, 0.4) is 0 Å². The molecule has 1 saturated carbocycles. The van der Waals surface area contributed by atoms with E-state index in [-0.39, 0.29) is 12.8 Å². The Hall–Kier alpha value is -1.69. The number of hydrogen-bond donors (Lipinski definition) is 1. The Morgan fingerprint density at radius 2 is 1.50 bits per heavy atom. The molecule has 0 aromatic rings. The van der Waals surface area contributed by atoms with E-state index in [9.17, 15) is 44.3 Å². The van der Waals surface area contributed by atoms with Gasteiger partial charge in [0.25, 0.3) is 5.91 Å². The van der Waals surface area contributed by atoms with Crippen molar-refractivity contribution in [1.82, 2.24) is 5.32 Å². The smallest absolute Gasteiger partial charge is 0.390 e. The number of halogens is 9. The van der Waals surface area contributed by atoms with Crippen molar-refractivity contribution in [2.24, 2.45) is 16.5 Å². The van der Waals surface area contributed by atoms with Crippen LogP contribution in [0.2, 0.25) is 0 Å². The van der Waals surface area contributed by atoms with Gasteiger partial charge < -0.3 is 10.2 Å². The summed E-state index contributed by atoms with van der Waals surface area (Å²) < 4.78 is 116. The first kappa shape index (κ1) is 22.6. The molecule has 1 N–H and O–H groups in total. The number of nitrogens with one attached hydrogen (secondary N) is 1. The van der Waals surface area contributed by atoms with Crippen molar-refractivity contribution in [3.63, 3.8) is 0 Å². The van der Waals surface area contributed by atoms with Gasteiger partial charge in [-0.25, -0.2) is 0 Å². The van der Waals surface area contributed by atoms with E-state index in [4.69, 9.17) is 4.84 Å². The Labute approximate surface area is 153 Å². The molecule has 0 spiro atoms. The van der Waals surface area contributed by atoms with E-state index in [1.54, 1.807) is 20.8 Å². The Bertz CT molecular complexity index is 667. The summed E-state index contributed by atoms with van der Waals surface area (Å²) in [6.45, 7) is 5.33. The van der Waals surface area contributed by atoms with Crippen LogP contribution in [0.1, 0.15) is 33.6 Å². The molecule has 1 amide bonds. The number of carbonyl (C=O) groups is 1. The molecule has 162 valence electrons. The van der Waals surface area contributed by atoms with Crippen LogP contribution in [0.5, 0.6) is 0 Å². The van der Waals surface area contributed by atoms with E-state index in [1.807, 2.05) is 0 Å². The molecule has 13 heteroatoms. The van der Waals surface area contributed by atoms with Crippen molar-refractivity contribution >= 4 is 11.6 Å². The molecule has 2 aliphatic rings. The summed E-state index contributed by atoms with van der Waals surface area (Å²) >= 11 is 0. The summed E-state index contributed by atoms with van der Waals surface area (Å²) in [7, 11) is 0. The molecule has 3 atom stereocenters. The summed E-state index contributed by atoms with van der Waals surface area (Å²) in [5.41, 5.74) is 0.0549. The second-order valence-corrected chi connectivity index (χ2v) is 7.78. The van der Waals surface area contributed by atoms with Crippen molar-refractivity contribution in [2.75, 3.05) is 0 Å². The summed E-state index contributed by atoms with van der Waals surface area (Å²) in [5.74, 6) is -23.8. The predicted molar refractivity (Wildman–Crippen MR) is 77.3 cm³/mol. The highest BCUT2D eigenvalue weighted by molar-refractivity contribution is 5.93. The maximum Gasteiger partial charge on any atom is 0.460 e. The van der Waals surface area contributed by atoms with E-state index in [1.165, 1.54) is 5.32 Å². The molecule has 2 rings (SSSR count). The molecular weight excluding hydrogens is 411 g/mol. The number of nitrogens with zero attached hydrogens (tertiary/aromatic N) is 1. The second kappa shape index (κ2) is 6.41. The Balaban J connectivity index is 2.17. The lowest BCUT2D eigenvalue weighted by atomic mass is 9.81. The van der Waals surface area contributed by atoms with Gasteiger partial charge in [-0.3, -0.25) is 4.79 Å². The molecule has 0 aromatic carbocycles. The van der Waals surface area contributed by atoms with Crippen LogP contribution in [-0.2, 0) is 9.63 Å². The van der Waals surface area contributed by atoms with E-state index in [2.05, 4.69) is 5.16 Å². The molecule has 0 aromatic heterocycles. The van der Waals surface area contributed by atoms with Crippen LogP contribution in [-0.4, -0.2) is 47.7 Å². The van der Waals surface area contributed by atoms with Crippen LogP contribution >= 0.6 is 0 Å². The largest absolute Gasteiger partial charge is 0.460 e. The number of hydrogen-bond acceptors (Lipinski definition) is 3. The van der Waals surface area contributed by atoms with Crippen LogP contribution in [0, 0.1) is 11.3 Å². The third kappa shape index (κ3) is 3.30. The average molecular weight is 428 g/mol. The van der Waals surface area contributed by atoms with Gasteiger partial charge in [-0.2, -0.15) is 39.5 Å². The van der Waals surface area contributed by atoms with Crippen molar-refractivity contribution in [3.05, 3.63) is 0 Å². The molecule has 1 aliphatic carbocycles. The number of rotatable bonds is 4. The average Bonchev–Trinajstić information content (AvgIpc) is 3.07. The van der Waals surface area contributed by atoms with Gasteiger partial charge in [0.1, 0.15) is 0 Å². The topological polar surface area (TPSA) is 50.7 Å². The minimum Gasteiger partial charge on any atom is -0.390 e.